The zero-order chi connectivity index (χ0) is 12.1. The van der Waals surface area contributed by atoms with E-state index in [4.69, 9.17) is 20.4 Å². The van der Waals surface area contributed by atoms with Crippen molar-refractivity contribution in [2.45, 2.75) is 19.3 Å². The van der Waals surface area contributed by atoms with E-state index < -0.39 is 29.7 Å². The number of unbranched alkanes of at least 4 members (excludes halogenated alkanes) is 1. The molecule has 0 spiro atoms. The van der Waals surface area contributed by atoms with E-state index in [9.17, 15) is 14.4 Å². The SMILES string of the molecule is O=C(O)C(CCCCO)(C(=O)O)C(=O)O.[NaH]. The van der Waals surface area contributed by atoms with E-state index in [0.29, 0.717) is 0 Å². The van der Waals surface area contributed by atoms with Gasteiger partial charge in [-0.3, -0.25) is 14.4 Å². The van der Waals surface area contributed by atoms with Crippen molar-refractivity contribution in [3.05, 3.63) is 0 Å². The summed E-state index contributed by atoms with van der Waals surface area (Å²) in [6, 6.07) is 0. The van der Waals surface area contributed by atoms with Crippen LogP contribution in [0.2, 0.25) is 0 Å². The minimum atomic E-state index is -2.81. The van der Waals surface area contributed by atoms with Gasteiger partial charge in [0.25, 0.3) is 5.41 Å². The van der Waals surface area contributed by atoms with Gasteiger partial charge in [-0.1, -0.05) is 0 Å². The van der Waals surface area contributed by atoms with E-state index in [1.54, 1.807) is 0 Å². The van der Waals surface area contributed by atoms with E-state index >= 15 is 0 Å². The van der Waals surface area contributed by atoms with Crippen LogP contribution in [0.5, 0.6) is 0 Å². The van der Waals surface area contributed by atoms with Crippen molar-refractivity contribution in [3.8, 4) is 0 Å². The van der Waals surface area contributed by atoms with Crippen LogP contribution in [0, 0.1) is 5.41 Å². The standard InChI is InChI=1S/C8H12O7.Na.H/c9-4-2-1-3-8(5(10)11,6(12)13)7(14)15;;/h9H,1-4H2,(H,10,11)(H,12,13)(H,14,15);;. The Labute approximate surface area is 113 Å². The molecule has 0 radical (unpaired) electrons. The first kappa shape index (κ1) is 17.8. The van der Waals surface area contributed by atoms with Crippen molar-refractivity contribution >= 4 is 47.5 Å². The number of rotatable bonds is 7. The van der Waals surface area contributed by atoms with Crippen LogP contribution in [-0.2, 0) is 14.4 Å². The Kier molecular flexibility index (Phi) is 8.45. The molecule has 88 valence electrons. The molecule has 0 unspecified atom stereocenters. The van der Waals surface area contributed by atoms with Crippen LogP contribution < -0.4 is 0 Å². The second-order valence-corrected chi connectivity index (χ2v) is 3.00. The molecule has 0 aliphatic heterocycles. The van der Waals surface area contributed by atoms with E-state index in [-0.39, 0.29) is 49.0 Å². The quantitative estimate of drug-likeness (QED) is 0.249. The monoisotopic (exact) mass is 244 g/mol. The van der Waals surface area contributed by atoms with E-state index in [1.165, 1.54) is 0 Å². The summed E-state index contributed by atoms with van der Waals surface area (Å²) >= 11 is 0. The summed E-state index contributed by atoms with van der Waals surface area (Å²) in [5.74, 6) is -5.71. The molecule has 0 aromatic carbocycles. The van der Waals surface area contributed by atoms with Gasteiger partial charge in [-0.25, -0.2) is 0 Å². The van der Waals surface area contributed by atoms with Gasteiger partial charge in [0.15, 0.2) is 0 Å². The fourth-order valence-corrected chi connectivity index (χ4v) is 1.10. The third-order valence-corrected chi connectivity index (χ3v) is 2.06. The fraction of sp³-hybridized carbons (Fsp3) is 0.625. The Balaban J connectivity index is 0. The van der Waals surface area contributed by atoms with Crippen LogP contribution >= 0.6 is 0 Å². The number of aliphatic hydroxyl groups excluding tert-OH is 1. The maximum absolute atomic E-state index is 10.7. The molecule has 0 atom stereocenters. The number of carbonyl (C=O) groups is 3. The van der Waals surface area contributed by atoms with Crippen molar-refractivity contribution < 1.29 is 34.8 Å². The number of aliphatic carboxylic acids is 3. The second kappa shape index (κ2) is 7.61. The van der Waals surface area contributed by atoms with Gasteiger partial charge in [-0.2, -0.15) is 0 Å². The van der Waals surface area contributed by atoms with Crippen LogP contribution in [0.25, 0.3) is 0 Å². The van der Waals surface area contributed by atoms with Gasteiger partial charge in [0.2, 0.25) is 0 Å². The fourth-order valence-electron chi connectivity index (χ4n) is 1.10. The average molecular weight is 244 g/mol. The van der Waals surface area contributed by atoms with Crippen molar-refractivity contribution in [1.82, 2.24) is 0 Å². The number of hydrogen-bond acceptors (Lipinski definition) is 4. The molecule has 0 bridgehead atoms. The van der Waals surface area contributed by atoms with Gasteiger partial charge >= 0.3 is 47.5 Å². The summed E-state index contributed by atoms with van der Waals surface area (Å²) in [4.78, 5) is 32.0. The number of hydrogen-bond donors (Lipinski definition) is 4. The Hall–Kier alpha value is -0.630. The van der Waals surface area contributed by atoms with Crippen molar-refractivity contribution in [3.63, 3.8) is 0 Å². The first-order valence-corrected chi connectivity index (χ1v) is 4.20. The summed E-state index contributed by atoms with van der Waals surface area (Å²) in [6.07, 6.45) is -0.370. The maximum atomic E-state index is 10.7. The van der Waals surface area contributed by atoms with Gasteiger partial charge in [0.1, 0.15) is 0 Å². The third kappa shape index (κ3) is 3.75. The van der Waals surface area contributed by atoms with Gasteiger partial charge in [-0.05, 0) is 19.3 Å². The molecule has 0 heterocycles. The summed E-state index contributed by atoms with van der Waals surface area (Å²) in [5.41, 5.74) is -2.81. The Morgan fingerprint density at radius 2 is 1.25 bits per heavy atom. The van der Waals surface area contributed by atoms with Gasteiger partial charge in [0.05, 0.1) is 0 Å². The van der Waals surface area contributed by atoms with E-state index in [2.05, 4.69) is 0 Å². The Bertz CT molecular complexity index is 240. The zero-order valence-corrected chi connectivity index (χ0v) is 7.84. The van der Waals surface area contributed by atoms with E-state index in [0.717, 1.165) is 0 Å². The molecule has 0 aliphatic carbocycles. The van der Waals surface area contributed by atoms with Crippen molar-refractivity contribution in [2.24, 2.45) is 5.41 Å². The first-order chi connectivity index (χ1) is 6.89. The van der Waals surface area contributed by atoms with Crippen LogP contribution in [-0.4, -0.2) is 74.5 Å². The van der Waals surface area contributed by atoms with E-state index in [1.807, 2.05) is 0 Å². The molecule has 16 heavy (non-hydrogen) atoms. The molecule has 8 heteroatoms. The third-order valence-electron chi connectivity index (χ3n) is 2.06. The summed E-state index contributed by atoms with van der Waals surface area (Å²) in [5, 5.41) is 34.4. The molecule has 0 aromatic heterocycles. The van der Waals surface area contributed by atoms with Crippen LogP contribution in [0.4, 0.5) is 0 Å². The number of carboxylic acids is 3. The molecular formula is C8H13NaO7. The molecule has 0 fully saturated rings. The predicted molar refractivity (Wildman–Crippen MR) is 53.4 cm³/mol. The normalized spacial score (nSPS) is 10.3. The summed E-state index contributed by atoms with van der Waals surface area (Å²) in [7, 11) is 0. The molecular weight excluding hydrogens is 231 g/mol. The Morgan fingerprint density at radius 1 is 0.875 bits per heavy atom. The minimum absolute atomic E-state index is 0. The molecule has 0 aromatic rings. The molecule has 7 nitrogen and oxygen atoms in total. The summed E-state index contributed by atoms with van der Waals surface area (Å²) < 4.78 is 0. The molecule has 0 amide bonds. The molecule has 0 rings (SSSR count). The number of carboxylic acid groups (broad SMARTS) is 3. The molecule has 0 saturated heterocycles. The van der Waals surface area contributed by atoms with Crippen LogP contribution in [0.3, 0.4) is 0 Å². The second-order valence-electron chi connectivity index (χ2n) is 3.00. The Morgan fingerprint density at radius 3 is 1.50 bits per heavy atom. The topological polar surface area (TPSA) is 132 Å². The van der Waals surface area contributed by atoms with Crippen LogP contribution in [0.15, 0.2) is 0 Å². The van der Waals surface area contributed by atoms with Crippen molar-refractivity contribution in [2.75, 3.05) is 6.61 Å². The van der Waals surface area contributed by atoms with Crippen LogP contribution in [0.1, 0.15) is 19.3 Å². The summed E-state index contributed by atoms with van der Waals surface area (Å²) in [6.45, 7) is -0.241. The number of aliphatic hydroxyl groups is 1. The zero-order valence-electron chi connectivity index (χ0n) is 7.84. The average Bonchev–Trinajstić information content (AvgIpc) is 2.10. The van der Waals surface area contributed by atoms with Gasteiger partial charge in [-0.15, -0.1) is 0 Å². The predicted octanol–water partition coefficient (Wildman–Crippen LogP) is -1.26. The molecule has 0 aliphatic rings. The van der Waals surface area contributed by atoms with Gasteiger partial charge < -0.3 is 20.4 Å². The van der Waals surface area contributed by atoms with Crippen molar-refractivity contribution in [1.29, 1.82) is 0 Å². The molecule has 4 N–H and O–H groups in total. The first-order valence-electron chi connectivity index (χ1n) is 4.20. The van der Waals surface area contributed by atoms with Gasteiger partial charge in [0, 0.05) is 6.61 Å². The molecule has 0 saturated carbocycles.